The summed E-state index contributed by atoms with van der Waals surface area (Å²) in [4.78, 5) is 0. The van der Waals surface area contributed by atoms with Gasteiger partial charge in [0.2, 0.25) is 0 Å². The van der Waals surface area contributed by atoms with Crippen LogP contribution < -0.4 is 9.46 Å². The van der Waals surface area contributed by atoms with Gasteiger partial charge in [-0.1, -0.05) is 18.2 Å². The van der Waals surface area contributed by atoms with Crippen LogP contribution in [0.1, 0.15) is 26.3 Å². The SMILES string of the molecule is C=C[C@@]1(NS(=O)C(C)(C)C)c2cccc(F)c2OC[C@@H]1F. The van der Waals surface area contributed by atoms with Crippen molar-refractivity contribution in [2.75, 3.05) is 6.61 Å². The molecule has 0 amide bonds. The van der Waals surface area contributed by atoms with Crippen molar-refractivity contribution in [2.45, 2.75) is 37.2 Å². The first-order valence-corrected chi connectivity index (χ1v) is 7.76. The Morgan fingerprint density at radius 1 is 1.52 bits per heavy atom. The Labute approximate surface area is 126 Å². The molecule has 1 aliphatic heterocycles. The van der Waals surface area contributed by atoms with E-state index in [1.54, 1.807) is 26.8 Å². The van der Waals surface area contributed by atoms with Crippen LogP contribution in [0.25, 0.3) is 0 Å². The highest BCUT2D eigenvalue weighted by atomic mass is 32.2. The van der Waals surface area contributed by atoms with Crippen molar-refractivity contribution >= 4 is 11.0 Å². The second-order valence-electron chi connectivity index (χ2n) is 5.95. The van der Waals surface area contributed by atoms with Crippen molar-refractivity contribution in [3.8, 4) is 5.75 Å². The van der Waals surface area contributed by atoms with Gasteiger partial charge in [-0.3, -0.25) is 0 Å². The zero-order valence-electron chi connectivity index (χ0n) is 12.3. The molecule has 2 rings (SSSR count). The number of para-hydroxylation sites is 1. The number of rotatable bonds is 3. The molecule has 0 aromatic heterocycles. The van der Waals surface area contributed by atoms with Gasteiger partial charge < -0.3 is 4.74 Å². The quantitative estimate of drug-likeness (QED) is 0.871. The summed E-state index contributed by atoms with van der Waals surface area (Å²) in [7, 11) is -1.55. The van der Waals surface area contributed by atoms with Crippen molar-refractivity contribution in [1.82, 2.24) is 4.72 Å². The maximum Gasteiger partial charge on any atom is 0.165 e. The van der Waals surface area contributed by atoms with E-state index < -0.39 is 33.3 Å². The van der Waals surface area contributed by atoms with E-state index in [0.717, 1.165) is 0 Å². The van der Waals surface area contributed by atoms with Gasteiger partial charge in [0.1, 0.15) is 12.1 Å². The Balaban J connectivity index is 2.54. The highest BCUT2D eigenvalue weighted by Crippen LogP contribution is 2.41. The molecule has 1 N–H and O–H groups in total. The van der Waals surface area contributed by atoms with Crippen molar-refractivity contribution in [3.05, 3.63) is 42.2 Å². The minimum Gasteiger partial charge on any atom is -0.487 e. The van der Waals surface area contributed by atoms with Crippen LogP contribution in [0.5, 0.6) is 5.75 Å². The largest absolute Gasteiger partial charge is 0.487 e. The van der Waals surface area contributed by atoms with Gasteiger partial charge in [-0.05, 0) is 26.8 Å². The number of halogens is 2. The molecule has 0 radical (unpaired) electrons. The first-order chi connectivity index (χ1) is 9.72. The highest BCUT2D eigenvalue weighted by Gasteiger charge is 2.47. The highest BCUT2D eigenvalue weighted by molar-refractivity contribution is 7.84. The number of fused-ring (bicyclic) bond motifs is 1. The molecule has 1 heterocycles. The molecule has 0 saturated carbocycles. The molecule has 0 aliphatic carbocycles. The maximum absolute atomic E-state index is 14.5. The van der Waals surface area contributed by atoms with Gasteiger partial charge in [-0.2, -0.15) is 0 Å². The predicted molar refractivity (Wildman–Crippen MR) is 79.7 cm³/mol. The monoisotopic (exact) mass is 315 g/mol. The molecule has 0 bridgehead atoms. The van der Waals surface area contributed by atoms with Crippen LogP contribution in [0.15, 0.2) is 30.9 Å². The van der Waals surface area contributed by atoms with E-state index in [1.165, 1.54) is 18.2 Å². The van der Waals surface area contributed by atoms with Gasteiger partial charge in [0.25, 0.3) is 0 Å². The van der Waals surface area contributed by atoms with Crippen LogP contribution in [0.2, 0.25) is 0 Å². The molecule has 0 spiro atoms. The Kier molecular flexibility index (Phi) is 4.22. The van der Waals surface area contributed by atoms with E-state index >= 15 is 0 Å². The molecule has 1 aromatic carbocycles. The van der Waals surface area contributed by atoms with E-state index in [-0.39, 0.29) is 17.9 Å². The molecular weight excluding hydrogens is 296 g/mol. The lowest BCUT2D eigenvalue weighted by atomic mass is 9.84. The van der Waals surface area contributed by atoms with Crippen LogP contribution in [0, 0.1) is 5.82 Å². The number of nitrogens with one attached hydrogen (secondary N) is 1. The molecule has 0 fully saturated rings. The lowest BCUT2D eigenvalue weighted by Crippen LogP contribution is -2.56. The summed E-state index contributed by atoms with van der Waals surface area (Å²) in [6.07, 6.45) is -0.183. The number of hydrogen-bond acceptors (Lipinski definition) is 2. The van der Waals surface area contributed by atoms with Crippen molar-refractivity contribution < 1.29 is 17.7 Å². The van der Waals surface area contributed by atoms with Crippen LogP contribution in [-0.2, 0) is 16.5 Å². The fraction of sp³-hybridized carbons (Fsp3) is 0.467. The van der Waals surface area contributed by atoms with Crippen LogP contribution in [0.4, 0.5) is 8.78 Å². The minimum atomic E-state index is -1.55. The van der Waals surface area contributed by atoms with Crippen LogP contribution in [0.3, 0.4) is 0 Å². The summed E-state index contributed by atoms with van der Waals surface area (Å²) >= 11 is 0. The maximum atomic E-state index is 14.5. The summed E-state index contributed by atoms with van der Waals surface area (Å²) in [5.41, 5.74) is -1.16. The summed E-state index contributed by atoms with van der Waals surface area (Å²) in [6.45, 7) is 8.64. The van der Waals surface area contributed by atoms with E-state index in [0.29, 0.717) is 0 Å². The molecule has 21 heavy (non-hydrogen) atoms. The van der Waals surface area contributed by atoms with Gasteiger partial charge >= 0.3 is 0 Å². The lowest BCUT2D eigenvalue weighted by molar-refractivity contribution is 0.101. The van der Waals surface area contributed by atoms with E-state index in [9.17, 15) is 13.0 Å². The average molecular weight is 315 g/mol. The predicted octanol–water partition coefficient (Wildman–Crippen LogP) is 2.99. The third-order valence-corrected chi connectivity index (χ3v) is 5.06. The molecule has 116 valence electrons. The Bertz CT molecular complexity index is 586. The van der Waals surface area contributed by atoms with Gasteiger partial charge in [-0.15, -0.1) is 6.58 Å². The van der Waals surface area contributed by atoms with Gasteiger partial charge in [0.05, 0.1) is 15.7 Å². The molecule has 6 heteroatoms. The van der Waals surface area contributed by atoms with Crippen LogP contribution in [-0.4, -0.2) is 21.7 Å². The molecule has 1 aromatic rings. The third-order valence-electron chi connectivity index (χ3n) is 3.42. The fourth-order valence-corrected chi connectivity index (χ4v) is 3.08. The van der Waals surface area contributed by atoms with Gasteiger partial charge in [0.15, 0.2) is 17.7 Å². The zero-order chi connectivity index (χ0) is 15.8. The standard InChI is InChI=1S/C15H19F2NO2S/c1-5-15(18-21(19)14(2,3)4)10-7-6-8-11(16)13(10)20-9-12(15)17/h5-8,12,18H,1,9H2,2-4H3/t12-,15+,21?/m0/s1. The average Bonchev–Trinajstić information content (AvgIpc) is 2.41. The number of ether oxygens (including phenoxy) is 1. The summed E-state index contributed by atoms with van der Waals surface area (Å²) in [6, 6.07) is 4.26. The fourth-order valence-electron chi connectivity index (χ4n) is 2.14. The molecule has 3 atom stereocenters. The second-order valence-corrected chi connectivity index (χ2v) is 7.92. The zero-order valence-corrected chi connectivity index (χ0v) is 13.1. The van der Waals surface area contributed by atoms with Crippen molar-refractivity contribution in [3.63, 3.8) is 0 Å². The molecule has 1 unspecified atom stereocenters. The topological polar surface area (TPSA) is 38.3 Å². The number of benzene rings is 1. The van der Waals surface area contributed by atoms with Crippen LogP contribution >= 0.6 is 0 Å². The molecule has 3 nitrogen and oxygen atoms in total. The summed E-state index contributed by atoms with van der Waals surface area (Å²) < 4.78 is 48.1. The first kappa shape index (κ1) is 16.1. The first-order valence-electron chi connectivity index (χ1n) is 6.61. The molecular formula is C15H19F2NO2S. The Hall–Kier alpha value is -1.27. The van der Waals surface area contributed by atoms with E-state index in [1.807, 2.05) is 0 Å². The van der Waals surface area contributed by atoms with E-state index in [2.05, 4.69) is 11.3 Å². The van der Waals surface area contributed by atoms with Crippen molar-refractivity contribution in [2.24, 2.45) is 0 Å². The Morgan fingerprint density at radius 3 is 2.76 bits per heavy atom. The Morgan fingerprint density at radius 2 is 2.19 bits per heavy atom. The van der Waals surface area contributed by atoms with Gasteiger partial charge in [0, 0.05) is 5.56 Å². The number of alkyl halides is 1. The second kappa shape index (κ2) is 5.50. The summed E-state index contributed by atoms with van der Waals surface area (Å²) in [5, 5.41) is 0. The molecule has 1 aliphatic rings. The summed E-state index contributed by atoms with van der Waals surface area (Å²) in [5.74, 6) is -0.598. The minimum absolute atomic E-state index is 0.0234. The van der Waals surface area contributed by atoms with E-state index in [4.69, 9.17) is 4.74 Å². The lowest BCUT2D eigenvalue weighted by Gasteiger charge is -2.40. The number of hydrogen-bond donors (Lipinski definition) is 1. The normalized spacial score (nSPS) is 26.6. The van der Waals surface area contributed by atoms with Gasteiger partial charge in [-0.25, -0.2) is 17.7 Å². The third kappa shape index (κ3) is 2.74. The van der Waals surface area contributed by atoms with Crippen molar-refractivity contribution in [1.29, 1.82) is 0 Å². The molecule has 0 saturated heterocycles. The smallest absolute Gasteiger partial charge is 0.165 e.